The number of anilines is 1. The molecule has 1 amide bonds. The van der Waals surface area contributed by atoms with Gasteiger partial charge < -0.3 is 15.5 Å². The largest absolute Gasteiger partial charge is 0.326 e. The van der Waals surface area contributed by atoms with Crippen LogP contribution in [0.1, 0.15) is 12.0 Å². The zero-order valence-electron chi connectivity index (χ0n) is 11.4. The van der Waals surface area contributed by atoms with Crippen LogP contribution >= 0.6 is 0 Å². The van der Waals surface area contributed by atoms with Crippen LogP contribution in [0.5, 0.6) is 0 Å². The molecule has 2 unspecified atom stereocenters. The Morgan fingerprint density at radius 3 is 2.84 bits per heavy atom. The van der Waals surface area contributed by atoms with Gasteiger partial charge in [-0.25, -0.2) is 0 Å². The number of nitrogens with zero attached hydrogens (tertiary/aromatic N) is 2. The van der Waals surface area contributed by atoms with E-state index in [9.17, 15) is 4.79 Å². The minimum absolute atomic E-state index is 0.0537. The molecule has 0 radical (unpaired) electrons. The third-order valence-electron chi connectivity index (χ3n) is 4.19. The van der Waals surface area contributed by atoms with Crippen LogP contribution in [0.3, 0.4) is 0 Å². The van der Waals surface area contributed by atoms with Crippen LogP contribution in [0.25, 0.3) is 0 Å². The van der Waals surface area contributed by atoms with Gasteiger partial charge in [-0.05, 0) is 38.1 Å². The average Bonchev–Trinajstić information content (AvgIpc) is 2.83. The Kier molecular flexibility index (Phi) is 3.29. The van der Waals surface area contributed by atoms with Crippen LogP contribution in [0.4, 0.5) is 5.69 Å². The van der Waals surface area contributed by atoms with E-state index in [4.69, 9.17) is 5.73 Å². The minimum atomic E-state index is 0.0537. The molecule has 1 fully saturated rings. The molecule has 0 spiro atoms. The minimum Gasteiger partial charge on any atom is -0.326 e. The van der Waals surface area contributed by atoms with Gasteiger partial charge in [-0.2, -0.15) is 0 Å². The summed E-state index contributed by atoms with van der Waals surface area (Å²) in [6.45, 7) is 2.53. The molecule has 2 aliphatic rings. The molecule has 2 aliphatic heterocycles. The molecule has 1 aromatic carbocycles. The summed E-state index contributed by atoms with van der Waals surface area (Å²) in [7, 11) is 2.07. The smallest absolute Gasteiger partial charge is 0.231 e. The molecule has 3 rings (SSSR count). The number of carbonyl (C=O) groups is 1. The van der Waals surface area contributed by atoms with E-state index < -0.39 is 0 Å². The quantitative estimate of drug-likeness (QED) is 0.813. The van der Waals surface area contributed by atoms with Crippen molar-refractivity contribution in [2.24, 2.45) is 11.7 Å². The monoisotopic (exact) mass is 259 g/mol. The van der Waals surface area contributed by atoms with Gasteiger partial charge in [-0.3, -0.25) is 4.79 Å². The number of amides is 1. The van der Waals surface area contributed by atoms with Gasteiger partial charge >= 0.3 is 0 Å². The predicted molar refractivity (Wildman–Crippen MR) is 76.1 cm³/mol. The van der Waals surface area contributed by atoms with Gasteiger partial charge in [0.05, 0.1) is 5.92 Å². The zero-order valence-corrected chi connectivity index (χ0v) is 11.4. The summed E-state index contributed by atoms with van der Waals surface area (Å²) in [5.74, 6) is 0.371. The van der Waals surface area contributed by atoms with E-state index in [1.165, 1.54) is 5.56 Å². The van der Waals surface area contributed by atoms with Gasteiger partial charge in [-0.15, -0.1) is 0 Å². The fourth-order valence-electron chi connectivity index (χ4n) is 3.19. The Labute approximate surface area is 114 Å². The summed E-state index contributed by atoms with van der Waals surface area (Å²) in [6, 6.07) is 8.19. The van der Waals surface area contributed by atoms with E-state index in [0.717, 1.165) is 31.6 Å². The Bertz CT molecular complexity index is 488. The van der Waals surface area contributed by atoms with E-state index in [-0.39, 0.29) is 17.9 Å². The molecule has 0 aromatic heterocycles. The molecule has 0 saturated carbocycles. The van der Waals surface area contributed by atoms with Gasteiger partial charge in [0, 0.05) is 24.8 Å². The maximum Gasteiger partial charge on any atom is 0.231 e. The lowest BCUT2D eigenvalue weighted by atomic mass is 9.96. The Balaban J connectivity index is 1.86. The first-order valence-electron chi connectivity index (χ1n) is 6.98. The molecule has 2 heterocycles. The standard InChI is InChI=1S/C15H21N3O/c1-17-7-6-12(9-17)15(19)18-10-13(16)8-11-4-2-3-5-14(11)18/h2-5,12-13H,6-10,16H2,1H3. The number of rotatable bonds is 1. The number of fused-ring (bicyclic) bond motifs is 1. The number of carbonyl (C=O) groups excluding carboxylic acids is 1. The van der Waals surface area contributed by atoms with Crippen molar-refractivity contribution in [1.82, 2.24) is 4.90 Å². The van der Waals surface area contributed by atoms with Crippen molar-refractivity contribution in [3.05, 3.63) is 29.8 Å². The van der Waals surface area contributed by atoms with Crippen molar-refractivity contribution in [1.29, 1.82) is 0 Å². The lowest BCUT2D eigenvalue weighted by Gasteiger charge is -2.34. The lowest BCUT2D eigenvalue weighted by molar-refractivity contribution is -0.122. The summed E-state index contributed by atoms with van der Waals surface area (Å²) in [5.41, 5.74) is 8.35. The van der Waals surface area contributed by atoms with Gasteiger partial charge in [0.15, 0.2) is 0 Å². The Hall–Kier alpha value is -1.39. The summed E-state index contributed by atoms with van der Waals surface area (Å²) in [4.78, 5) is 16.8. The van der Waals surface area contributed by atoms with Crippen molar-refractivity contribution in [3.63, 3.8) is 0 Å². The fraction of sp³-hybridized carbons (Fsp3) is 0.533. The maximum atomic E-state index is 12.7. The van der Waals surface area contributed by atoms with Gasteiger partial charge in [-0.1, -0.05) is 18.2 Å². The molecule has 4 heteroatoms. The third kappa shape index (κ3) is 2.38. The molecule has 1 saturated heterocycles. The topological polar surface area (TPSA) is 49.6 Å². The molecule has 1 aromatic rings. The number of para-hydroxylation sites is 1. The van der Waals surface area contributed by atoms with Crippen molar-refractivity contribution in [3.8, 4) is 0 Å². The summed E-state index contributed by atoms with van der Waals surface area (Å²) in [5, 5.41) is 0. The second-order valence-electron chi connectivity index (χ2n) is 5.79. The molecular formula is C15H21N3O. The van der Waals surface area contributed by atoms with Gasteiger partial charge in [0.25, 0.3) is 0 Å². The predicted octanol–water partition coefficient (Wildman–Crippen LogP) is 0.855. The second-order valence-corrected chi connectivity index (χ2v) is 5.79. The van der Waals surface area contributed by atoms with Crippen molar-refractivity contribution in [2.45, 2.75) is 18.9 Å². The summed E-state index contributed by atoms with van der Waals surface area (Å²) >= 11 is 0. The zero-order chi connectivity index (χ0) is 13.4. The Morgan fingerprint density at radius 2 is 2.11 bits per heavy atom. The van der Waals surface area contributed by atoms with Crippen LogP contribution in [0.2, 0.25) is 0 Å². The van der Waals surface area contributed by atoms with Crippen molar-refractivity contribution < 1.29 is 4.79 Å². The number of nitrogens with two attached hydrogens (primary N) is 1. The highest BCUT2D eigenvalue weighted by Gasteiger charge is 2.33. The van der Waals surface area contributed by atoms with E-state index in [1.807, 2.05) is 23.1 Å². The first-order chi connectivity index (χ1) is 9.15. The molecule has 19 heavy (non-hydrogen) atoms. The highest BCUT2D eigenvalue weighted by Crippen LogP contribution is 2.29. The third-order valence-corrected chi connectivity index (χ3v) is 4.19. The molecule has 4 nitrogen and oxygen atoms in total. The SMILES string of the molecule is CN1CCC(C(=O)N2CC(N)Cc3ccccc32)C1. The Morgan fingerprint density at radius 1 is 1.32 bits per heavy atom. The number of benzene rings is 1. The molecule has 0 aliphatic carbocycles. The van der Waals surface area contributed by atoms with E-state index >= 15 is 0 Å². The highest BCUT2D eigenvalue weighted by atomic mass is 16.2. The lowest BCUT2D eigenvalue weighted by Crippen LogP contribution is -2.48. The van der Waals surface area contributed by atoms with Gasteiger partial charge in [0.1, 0.15) is 0 Å². The summed E-state index contributed by atoms with van der Waals surface area (Å²) in [6.07, 6.45) is 1.83. The molecule has 102 valence electrons. The number of hydrogen-bond donors (Lipinski definition) is 1. The van der Waals surface area contributed by atoms with Crippen LogP contribution in [0.15, 0.2) is 24.3 Å². The van der Waals surface area contributed by atoms with E-state index in [1.54, 1.807) is 0 Å². The van der Waals surface area contributed by atoms with Crippen LogP contribution in [-0.2, 0) is 11.2 Å². The first kappa shape index (κ1) is 12.6. The maximum absolute atomic E-state index is 12.7. The van der Waals surface area contributed by atoms with Crippen LogP contribution < -0.4 is 10.6 Å². The van der Waals surface area contributed by atoms with E-state index in [0.29, 0.717) is 6.54 Å². The number of hydrogen-bond acceptors (Lipinski definition) is 3. The molecular weight excluding hydrogens is 238 g/mol. The molecule has 2 N–H and O–H groups in total. The fourth-order valence-corrected chi connectivity index (χ4v) is 3.19. The number of likely N-dealkylation sites (tertiary alicyclic amines) is 1. The van der Waals surface area contributed by atoms with Crippen molar-refractivity contribution >= 4 is 11.6 Å². The van der Waals surface area contributed by atoms with Crippen LogP contribution in [-0.4, -0.2) is 43.5 Å². The second kappa shape index (κ2) is 4.94. The summed E-state index contributed by atoms with van der Waals surface area (Å²) < 4.78 is 0. The van der Waals surface area contributed by atoms with Crippen LogP contribution in [0, 0.1) is 5.92 Å². The average molecular weight is 259 g/mol. The molecule has 2 atom stereocenters. The van der Waals surface area contributed by atoms with E-state index in [2.05, 4.69) is 18.0 Å². The normalized spacial score (nSPS) is 27.4. The first-order valence-corrected chi connectivity index (χ1v) is 6.98. The molecule has 0 bridgehead atoms. The van der Waals surface area contributed by atoms with Gasteiger partial charge in [0.2, 0.25) is 5.91 Å². The van der Waals surface area contributed by atoms with Crippen molar-refractivity contribution in [2.75, 3.05) is 31.6 Å². The highest BCUT2D eigenvalue weighted by molar-refractivity contribution is 5.96.